The second-order valence-electron chi connectivity index (χ2n) is 7.49. The molecule has 4 aromatic heterocycles. The van der Waals surface area contributed by atoms with E-state index in [2.05, 4.69) is 15.8 Å². The van der Waals surface area contributed by atoms with Crippen molar-refractivity contribution in [3.05, 3.63) is 72.8 Å². The number of hydrogen-bond acceptors (Lipinski definition) is 6. The topological polar surface area (TPSA) is 74.3 Å². The van der Waals surface area contributed by atoms with E-state index in [9.17, 15) is 0 Å². The van der Waals surface area contributed by atoms with Crippen LogP contribution in [0.1, 0.15) is 5.82 Å². The van der Waals surface area contributed by atoms with Crippen LogP contribution in [0.25, 0.3) is 22.6 Å². The molecule has 0 fully saturated rings. The fraction of sp³-hybridized carbons (Fsp3) is 0.200. The van der Waals surface area contributed by atoms with Gasteiger partial charge in [-0.25, -0.2) is 9.97 Å². The molecule has 0 atom stereocenters. The number of aryl methyl sites for hydroxylation is 1. The first-order valence-electron chi connectivity index (χ1n) is 10.7. The first kappa shape index (κ1) is 20.7. The number of methoxy groups -OCH3 is 2. The Labute approximate surface area is 191 Å². The summed E-state index contributed by atoms with van der Waals surface area (Å²) in [6.45, 7) is 3.03. The van der Waals surface area contributed by atoms with Gasteiger partial charge in [-0.05, 0) is 43.3 Å². The van der Waals surface area contributed by atoms with Crippen LogP contribution in [0.3, 0.4) is 0 Å². The number of imidazole rings is 2. The first-order valence-corrected chi connectivity index (χ1v) is 10.7. The Morgan fingerprint density at radius 2 is 1.64 bits per heavy atom. The van der Waals surface area contributed by atoms with Gasteiger partial charge in [-0.3, -0.25) is 4.40 Å². The first-order chi connectivity index (χ1) is 16.2. The minimum atomic E-state index is 0.456. The van der Waals surface area contributed by atoms with Gasteiger partial charge in [0.05, 0.1) is 26.3 Å². The molecule has 4 heterocycles. The molecule has 8 nitrogen and oxygen atoms in total. The van der Waals surface area contributed by atoms with E-state index in [4.69, 9.17) is 24.2 Å². The molecule has 0 amide bonds. The Morgan fingerprint density at radius 1 is 0.848 bits per heavy atom. The van der Waals surface area contributed by atoms with Gasteiger partial charge >= 0.3 is 0 Å². The van der Waals surface area contributed by atoms with Crippen LogP contribution in [0.15, 0.2) is 67.0 Å². The molecule has 0 aliphatic carbocycles. The minimum absolute atomic E-state index is 0.456. The fourth-order valence-corrected chi connectivity index (χ4v) is 3.94. The number of nitrogens with zero attached hydrogens (tertiary/aromatic N) is 4. The molecule has 33 heavy (non-hydrogen) atoms. The highest BCUT2D eigenvalue weighted by Gasteiger charge is 2.19. The molecule has 5 rings (SSSR count). The maximum atomic E-state index is 5.93. The van der Waals surface area contributed by atoms with Crippen LogP contribution >= 0.6 is 0 Å². The van der Waals surface area contributed by atoms with Crippen molar-refractivity contribution in [1.29, 1.82) is 0 Å². The Kier molecular flexibility index (Phi) is 5.48. The lowest BCUT2D eigenvalue weighted by molar-refractivity contribution is 0.322. The van der Waals surface area contributed by atoms with E-state index in [0.29, 0.717) is 30.4 Å². The standard InChI is InChI=1S/C25H25N5O3/c1-17-27-23(19-8-4-6-13-29(17)19)24-25(30-14-7-5-9-22(30)28-24)26-12-15-33-18-10-11-20(31-2)21(16-18)32-3/h4-11,13-14,16,26H,12,15H2,1-3H3. The van der Waals surface area contributed by atoms with E-state index in [0.717, 1.165) is 34.2 Å². The quantitative estimate of drug-likeness (QED) is 0.357. The predicted molar refractivity (Wildman–Crippen MR) is 128 cm³/mol. The number of hydrogen-bond donors (Lipinski definition) is 1. The van der Waals surface area contributed by atoms with Crippen LogP contribution in [0.2, 0.25) is 0 Å². The SMILES string of the molecule is COc1ccc(OCCNc2c(-c3nc(C)n4ccccc34)nc3ccccn23)cc1OC. The predicted octanol–water partition coefficient (Wildman–Crippen LogP) is 4.47. The molecular weight excluding hydrogens is 418 g/mol. The molecule has 1 N–H and O–H groups in total. The maximum Gasteiger partial charge on any atom is 0.164 e. The Bertz CT molecular complexity index is 1420. The second-order valence-corrected chi connectivity index (χ2v) is 7.49. The number of fused-ring (bicyclic) bond motifs is 2. The van der Waals surface area contributed by atoms with Crippen molar-refractivity contribution in [3.8, 4) is 28.6 Å². The number of nitrogens with one attached hydrogen (secondary N) is 1. The summed E-state index contributed by atoms with van der Waals surface area (Å²) in [7, 11) is 3.22. The number of aromatic nitrogens is 4. The van der Waals surface area contributed by atoms with E-state index in [1.807, 2.05) is 72.2 Å². The maximum absolute atomic E-state index is 5.93. The molecule has 0 aliphatic rings. The normalized spacial score (nSPS) is 11.1. The number of ether oxygens (including phenoxy) is 3. The molecule has 0 aliphatic heterocycles. The van der Waals surface area contributed by atoms with Crippen molar-refractivity contribution < 1.29 is 14.2 Å². The van der Waals surface area contributed by atoms with E-state index in [1.165, 1.54) is 0 Å². The smallest absolute Gasteiger partial charge is 0.164 e. The Hall–Kier alpha value is -4.20. The van der Waals surface area contributed by atoms with Crippen molar-refractivity contribution in [2.45, 2.75) is 6.92 Å². The van der Waals surface area contributed by atoms with Crippen LogP contribution in [-0.2, 0) is 0 Å². The van der Waals surface area contributed by atoms with Crippen LogP contribution in [0.5, 0.6) is 17.2 Å². The molecule has 168 valence electrons. The largest absolute Gasteiger partial charge is 0.493 e. The zero-order valence-electron chi connectivity index (χ0n) is 18.8. The zero-order valence-corrected chi connectivity index (χ0v) is 18.8. The molecule has 0 unspecified atom stereocenters. The van der Waals surface area contributed by atoms with Gasteiger partial charge < -0.3 is 23.9 Å². The number of rotatable bonds is 8. The lowest BCUT2D eigenvalue weighted by Crippen LogP contribution is -2.13. The molecule has 0 saturated heterocycles. The van der Waals surface area contributed by atoms with Gasteiger partial charge in [0.15, 0.2) is 11.5 Å². The highest BCUT2D eigenvalue weighted by molar-refractivity contribution is 5.84. The summed E-state index contributed by atoms with van der Waals surface area (Å²) in [6.07, 6.45) is 4.01. The summed E-state index contributed by atoms with van der Waals surface area (Å²) in [5.41, 5.74) is 3.53. The van der Waals surface area contributed by atoms with Gasteiger partial charge in [0.25, 0.3) is 0 Å². The van der Waals surface area contributed by atoms with Crippen molar-refractivity contribution in [2.24, 2.45) is 0 Å². The third-order valence-corrected chi connectivity index (χ3v) is 5.50. The molecule has 0 saturated carbocycles. The van der Waals surface area contributed by atoms with Crippen LogP contribution < -0.4 is 19.5 Å². The third kappa shape index (κ3) is 3.80. The molecule has 0 bridgehead atoms. The van der Waals surface area contributed by atoms with Gasteiger partial charge in [0.2, 0.25) is 0 Å². The number of anilines is 1. The average molecular weight is 444 g/mol. The summed E-state index contributed by atoms with van der Waals surface area (Å²) >= 11 is 0. The van der Waals surface area contributed by atoms with Crippen LogP contribution in [0.4, 0.5) is 5.82 Å². The van der Waals surface area contributed by atoms with Crippen molar-refractivity contribution >= 4 is 17.0 Å². The van der Waals surface area contributed by atoms with Crippen molar-refractivity contribution in [2.75, 3.05) is 32.7 Å². The Balaban J connectivity index is 1.40. The highest BCUT2D eigenvalue weighted by Crippen LogP contribution is 2.32. The van der Waals surface area contributed by atoms with Gasteiger partial charge in [0, 0.05) is 18.5 Å². The van der Waals surface area contributed by atoms with Gasteiger partial charge in [-0.15, -0.1) is 0 Å². The van der Waals surface area contributed by atoms with Gasteiger partial charge in [-0.2, -0.15) is 0 Å². The van der Waals surface area contributed by atoms with E-state index in [1.54, 1.807) is 14.2 Å². The summed E-state index contributed by atoms with van der Waals surface area (Å²) in [4.78, 5) is 9.70. The molecule has 5 aromatic rings. The lowest BCUT2D eigenvalue weighted by atomic mass is 10.2. The lowest BCUT2D eigenvalue weighted by Gasteiger charge is -2.12. The number of pyridine rings is 2. The average Bonchev–Trinajstić information content (AvgIpc) is 3.39. The van der Waals surface area contributed by atoms with Crippen molar-refractivity contribution in [1.82, 2.24) is 18.8 Å². The van der Waals surface area contributed by atoms with E-state index < -0.39 is 0 Å². The molecule has 1 aromatic carbocycles. The molecule has 0 spiro atoms. The van der Waals surface area contributed by atoms with E-state index in [-0.39, 0.29) is 0 Å². The summed E-state index contributed by atoms with van der Waals surface area (Å²) in [6, 6.07) is 17.5. The molecule has 8 heteroatoms. The van der Waals surface area contributed by atoms with Crippen LogP contribution in [0, 0.1) is 6.92 Å². The van der Waals surface area contributed by atoms with Crippen LogP contribution in [-0.4, -0.2) is 46.1 Å². The van der Waals surface area contributed by atoms with E-state index >= 15 is 0 Å². The summed E-state index contributed by atoms with van der Waals surface area (Å²) < 4.78 is 20.7. The zero-order chi connectivity index (χ0) is 22.8. The number of benzene rings is 1. The van der Waals surface area contributed by atoms with Gasteiger partial charge in [0.1, 0.15) is 41.0 Å². The Morgan fingerprint density at radius 3 is 2.45 bits per heavy atom. The monoisotopic (exact) mass is 443 g/mol. The fourth-order valence-electron chi connectivity index (χ4n) is 3.94. The summed E-state index contributed by atoms with van der Waals surface area (Å²) in [5, 5.41) is 3.50. The highest BCUT2D eigenvalue weighted by atomic mass is 16.5. The van der Waals surface area contributed by atoms with Gasteiger partial charge in [-0.1, -0.05) is 12.1 Å². The third-order valence-electron chi connectivity index (χ3n) is 5.50. The minimum Gasteiger partial charge on any atom is -0.493 e. The van der Waals surface area contributed by atoms with Crippen molar-refractivity contribution in [3.63, 3.8) is 0 Å². The molecule has 0 radical (unpaired) electrons. The summed E-state index contributed by atoms with van der Waals surface area (Å²) in [5.74, 6) is 3.81. The molecular formula is C25H25N5O3. The second kappa shape index (κ2) is 8.74.